The number of unbranched alkanes of at least 4 members (excludes halogenated alkanes) is 8. The largest absolute Gasteiger partial charge is 0.385 e. The van der Waals surface area contributed by atoms with Crippen LogP contribution in [-0.2, 0) is 4.74 Å². The van der Waals surface area contributed by atoms with Crippen molar-refractivity contribution in [1.29, 1.82) is 0 Å². The Bertz CT molecular complexity index is 146. The lowest BCUT2D eigenvalue weighted by atomic mass is 9.89. The predicted molar refractivity (Wildman–Crippen MR) is 77.5 cm³/mol. The zero-order valence-corrected chi connectivity index (χ0v) is 12.7. The third-order valence-electron chi connectivity index (χ3n) is 3.28. The number of hydrogen-bond acceptors (Lipinski definition) is 1. The van der Waals surface area contributed by atoms with Crippen molar-refractivity contribution < 1.29 is 4.74 Å². The van der Waals surface area contributed by atoms with E-state index in [0.29, 0.717) is 5.41 Å². The molecule has 17 heavy (non-hydrogen) atoms. The smallest absolute Gasteiger partial charge is 0.0462 e. The van der Waals surface area contributed by atoms with Crippen molar-refractivity contribution in [3.63, 3.8) is 0 Å². The van der Waals surface area contributed by atoms with E-state index in [0.717, 1.165) is 6.61 Å². The van der Waals surface area contributed by atoms with Gasteiger partial charge in [0, 0.05) is 13.7 Å². The van der Waals surface area contributed by atoms with Crippen LogP contribution in [0, 0.1) is 5.41 Å². The fraction of sp³-hybridized carbons (Fsp3) is 1.00. The van der Waals surface area contributed by atoms with Gasteiger partial charge in [-0.2, -0.15) is 0 Å². The molecule has 0 amide bonds. The molecule has 0 saturated carbocycles. The van der Waals surface area contributed by atoms with Gasteiger partial charge in [-0.05, 0) is 18.3 Å². The average Bonchev–Trinajstić information content (AvgIpc) is 2.24. The lowest BCUT2D eigenvalue weighted by Gasteiger charge is -2.17. The highest BCUT2D eigenvalue weighted by atomic mass is 16.5. The highest BCUT2D eigenvalue weighted by molar-refractivity contribution is 4.61. The first kappa shape index (κ1) is 17.0. The van der Waals surface area contributed by atoms with Crippen molar-refractivity contribution in [2.45, 2.75) is 85.0 Å². The van der Waals surface area contributed by atoms with Crippen LogP contribution in [0.5, 0.6) is 0 Å². The fourth-order valence-electron chi connectivity index (χ4n) is 2.14. The lowest BCUT2D eigenvalue weighted by molar-refractivity contribution is 0.192. The van der Waals surface area contributed by atoms with Crippen LogP contribution in [0.15, 0.2) is 0 Å². The Balaban J connectivity index is 2.99. The van der Waals surface area contributed by atoms with E-state index in [1.54, 1.807) is 7.11 Å². The predicted octanol–water partition coefficient (Wildman–Crippen LogP) is 5.58. The molecule has 0 atom stereocenters. The molecule has 0 unspecified atom stereocenters. The van der Waals surface area contributed by atoms with Crippen molar-refractivity contribution in [1.82, 2.24) is 0 Å². The number of rotatable bonds is 11. The van der Waals surface area contributed by atoms with Gasteiger partial charge in [-0.3, -0.25) is 0 Å². The first-order valence-electron chi connectivity index (χ1n) is 7.55. The third kappa shape index (κ3) is 16.0. The minimum atomic E-state index is 0.529. The van der Waals surface area contributed by atoms with E-state index in [1.807, 2.05) is 0 Å². The summed E-state index contributed by atoms with van der Waals surface area (Å²) in [6.07, 6.45) is 13.9. The Morgan fingerprint density at radius 2 is 1.06 bits per heavy atom. The quantitative estimate of drug-likeness (QED) is 0.430. The summed E-state index contributed by atoms with van der Waals surface area (Å²) in [6, 6.07) is 0. The molecule has 0 spiro atoms. The summed E-state index contributed by atoms with van der Waals surface area (Å²) in [4.78, 5) is 0. The van der Waals surface area contributed by atoms with Gasteiger partial charge in [-0.15, -0.1) is 0 Å². The van der Waals surface area contributed by atoms with Crippen molar-refractivity contribution in [2.24, 2.45) is 5.41 Å². The Hall–Kier alpha value is -0.0400. The Morgan fingerprint density at radius 1 is 0.647 bits per heavy atom. The van der Waals surface area contributed by atoms with Crippen LogP contribution in [0.25, 0.3) is 0 Å². The van der Waals surface area contributed by atoms with Crippen LogP contribution < -0.4 is 0 Å². The Morgan fingerprint density at radius 3 is 1.47 bits per heavy atom. The molecule has 1 heteroatoms. The molecule has 0 aromatic heterocycles. The van der Waals surface area contributed by atoms with Crippen LogP contribution in [0.2, 0.25) is 0 Å². The van der Waals surface area contributed by atoms with Crippen molar-refractivity contribution in [3.05, 3.63) is 0 Å². The number of hydrogen-bond donors (Lipinski definition) is 0. The molecule has 0 fully saturated rings. The van der Waals surface area contributed by atoms with Crippen LogP contribution in [0.4, 0.5) is 0 Å². The third-order valence-corrected chi connectivity index (χ3v) is 3.28. The summed E-state index contributed by atoms with van der Waals surface area (Å²) in [5.74, 6) is 0. The molecule has 0 N–H and O–H groups in total. The fourth-order valence-corrected chi connectivity index (χ4v) is 2.14. The molecule has 0 radical (unpaired) electrons. The van der Waals surface area contributed by atoms with Gasteiger partial charge in [0.1, 0.15) is 0 Å². The van der Waals surface area contributed by atoms with Gasteiger partial charge in [-0.25, -0.2) is 0 Å². The highest BCUT2D eigenvalue weighted by Gasteiger charge is 2.08. The topological polar surface area (TPSA) is 9.23 Å². The second-order valence-electron chi connectivity index (χ2n) is 6.49. The SMILES string of the molecule is COCCCCCCCCCCCC(C)(C)C. The minimum absolute atomic E-state index is 0.529. The summed E-state index contributed by atoms with van der Waals surface area (Å²) in [5.41, 5.74) is 0.529. The molecule has 0 aromatic carbocycles. The van der Waals surface area contributed by atoms with E-state index < -0.39 is 0 Å². The van der Waals surface area contributed by atoms with Gasteiger partial charge in [0.05, 0.1) is 0 Å². The molecule has 0 aliphatic carbocycles. The average molecular weight is 242 g/mol. The van der Waals surface area contributed by atoms with Crippen molar-refractivity contribution >= 4 is 0 Å². The minimum Gasteiger partial charge on any atom is -0.385 e. The van der Waals surface area contributed by atoms with E-state index in [4.69, 9.17) is 4.74 Å². The molecule has 0 aromatic rings. The van der Waals surface area contributed by atoms with E-state index in [1.165, 1.54) is 64.2 Å². The molecule has 0 saturated heterocycles. The molecule has 0 heterocycles. The normalized spacial score (nSPS) is 12.0. The zero-order valence-electron chi connectivity index (χ0n) is 12.7. The maximum atomic E-state index is 5.04. The standard InChI is InChI=1S/C16H34O/c1-16(2,3)14-12-10-8-6-5-7-9-11-13-15-17-4/h5-15H2,1-4H3. The maximum Gasteiger partial charge on any atom is 0.0462 e. The second-order valence-corrected chi connectivity index (χ2v) is 6.49. The summed E-state index contributed by atoms with van der Waals surface area (Å²) in [5, 5.41) is 0. The van der Waals surface area contributed by atoms with E-state index in [-0.39, 0.29) is 0 Å². The van der Waals surface area contributed by atoms with E-state index in [9.17, 15) is 0 Å². The molecular weight excluding hydrogens is 208 g/mol. The molecule has 0 aliphatic rings. The van der Waals surface area contributed by atoms with Crippen LogP contribution >= 0.6 is 0 Å². The zero-order chi connectivity index (χ0) is 13.0. The highest BCUT2D eigenvalue weighted by Crippen LogP contribution is 2.22. The van der Waals surface area contributed by atoms with Crippen LogP contribution in [-0.4, -0.2) is 13.7 Å². The molecular formula is C16H34O. The Labute approximate surface area is 109 Å². The first-order valence-corrected chi connectivity index (χ1v) is 7.55. The second kappa shape index (κ2) is 11.1. The molecule has 1 nitrogen and oxygen atoms in total. The van der Waals surface area contributed by atoms with Gasteiger partial charge in [0.15, 0.2) is 0 Å². The van der Waals surface area contributed by atoms with Crippen LogP contribution in [0.1, 0.15) is 85.0 Å². The monoisotopic (exact) mass is 242 g/mol. The van der Waals surface area contributed by atoms with Crippen LogP contribution in [0.3, 0.4) is 0 Å². The van der Waals surface area contributed by atoms with E-state index >= 15 is 0 Å². The van der Waals surface area contributed by atoms with E-state index in [2.05, 4.69) is 20.8 Å². The first-order chi connectivity index (χ1) is 8.06. The van der Waals surface area contributed by atoms with Gasteiger partial charge in [-0.1, -0.05) is 72.1 Å². The summed E-state index contributed by atoms with van der Waals surface area (Å²) in [6.45, 7) is 7.96. The molecule has 0 aliphatic heterocycles. The van der Waals surface area contributed by atoms with Gasteiger partial charge in [0.2, 0.25) is 0 Å². The molecule has 0 rings (SSSR count). The Kier molecular flexibility index (Phi) is 11.0. The van der Waals surface area contributed by atoms with Gasteiger partial charge < -0.3 is 4.74 Å². The van der Waals surface area contributed by atoms with Crippen molar-refractivity contribution in [2.75, 3.05) is 13.7 Å². The number of ether oxygens (including phenoxy) is 1. The summed E-state index contributed by atoms with van der Waals surface area (Å²) < 4.78 is 5.04. The molecule has 104 valence electrons. The molecule has 0 bridgehead atoms. The maximum absolute atomic E-state index is 5.04. The van der Waals surface area contributed by atoms with Gasteiger partial charge in [0.25, 0.3) is 0 Å². The van der Waals surface area contributed by atoms with Gasteiger partial charge >= 0.3 is 0 Å². The lowest BCUT2D eigenvalue weighted by Crippen LogP contribution is -2.03. The van der Waals surface area contributed by atoms with Crippen molar-refractivity contribution in [3.8, 4) is 0 Å². The summed E-state index contributed by atoms with van der Waals surface area (Å²) >= 11 is 0. The summed E-state index contributed by atoms with van der Waals surface area (Å²) in [7, 11) is 1.79. The number of methoxy groups -OCH3 is 1.